The number of benzene rings is 1. The SMILES string of the molecule is COc1cc(Br)cnc1C(=O)Nc1cc(C2(C(F)F)COCC(N)=N2)c(F)cc1F.Cl. The number of alkyl halides is 2. The van der Waals surface area contributed by atoms with E-state index < -0.39 is 47.4 Å². The van der Waals surface area contributed by atoms with E-state index in [1.165, 1.54) is 19.4 Å². The maximum atomic E-state index is 14.5. The van der Waals surface area contributed by atoms with E-state index in [0.717, 1.165) is 6.07 Å². The van der Waals surface area contributed by atoms with Crippen LogP contribution in [0.25, 0.3) is 0 Å². The van der Waals surface area contributed by atoms with Crippen LogP contribution < -0.4 is 15.8 Å². The number of pyridine rings is 1. The Hall–Kier alpha value is -2.44. The molecule has 3 N–H and O–H groups in total. The molecule has 0 radical (unpaired) electrons. The number of nitrogens with one attached hydrogen (secondary N) is 1. The number of nitrogens with zero attached hydrogens (tertiary/aromatic N) is 2. The second-order valence-corrected chi connectivity index (χ2v) is 7.21. The molecule has 3 rings (SSSR count). The van der Waals surface area contributed by atoms with Gasteiger partial charge in [0.25, 0.3) is 12.3 Å². The van der Waals surface area contributed by atoms with E-state index in [1.807, 2.05) is 0 Å². The number of rotatable bonds is 5. The predicted molar refractivity (Wildman–Crippen MR) is 110 cm³/mol. The lowest BCUT2D eigenvalue weighted by Gasteiger charge is -2.33. The molecule has 0 saturated carbocycles. The molecule has 0 bridgehead atoms. The molecular weight excluding hydrogens is 512 g/mol. The molecule has 1 amide bonds. The predicted octanol–water partition coefficient (Wildman–Crippen LogP) is 3.65. The Balaban J connectivity index is 0.00000341. The molecule has 0 spiro atoms. The minimum absolute atomic E-state index is 0. The average Bonchev–Trinajstić information content (AvgIpc) is 2.69. The highest BCUT2D eigenvalue weighted by atomic mass is 79.9. The van der Waals surface area contributed by atoms with Crippen molar-refractivity contribution in [1.82, 2.24) is 4.98 Å². The summed E-state index contributed by atoms with van der Waals surface area (Å²) in [6.45, 7) is -0.876. The van der Waals surface area contributed by atoms with Gasteiger partial charge in [-0.25, -0.2) is 22.5 Å². The Bertz CT molecular complexity index is 1030. The lowest BCUT2D eigenvalue weighted by molar-refractivity contribution is -0.0146. The molecule has 0 saturated heterocycles. The highest BCUT2D eigenvalue weighted by Gasteiger charge is 2.46. The van der Waals surface area contributed by atoms with Crippen LogP contribution in [0.4, 0.5) is 23.2 Å². The monoisotopic (exact) mass is 526 g/mol. The summed E-state index contributed by atoms with van der Waals surface area (Å²) in [5.74, 6) is -3.55. The zero-order valence-electron chi connectivity index (χ0n) is 15.8. The molecule has 31 heavy (non-hydrogen) atoms. The molecule has 7 nitrogen and oxygen atoms in total. The highest BCUT2D eigenvalue weighted by Crippen LogP contribution is 2.38. The third kappa shape index (κ3) is 4.91. The number of aliphatic imine (C=N–C) groups is 1. The maximum absolute atomic E-state index is 14.5. The number of carbonyl (C=O) groups is 1. The van der Waals surface area contributed by atoms with Crippen LogP contribution >= 0.6 is 28.3 Å². The summed E-state index contributed by atoms with van der Waals surface area (Å²) in [5, 5.41) is 2.19. The zero-order valence-corrected chi connectivity index (χ0v) is 18.2. The molecular formula is C18H16BrClF4N4O3. The van der Waals surface area contributed by atoms with Gasteiger partial charge in [0.05, 0.1) is 19.4 Å². The highest BCUT2D eigenvalue weighted by molar-refractivity contribution is 9.10. The zero-order chi connectivity index (χ0) is 22.1. The Labute approximate surface area is 188 Å². The van der Waals surface area contributed by atoms with E-state index in [0.29, 0.717) is 10.5 Å². The van der Waals surface area contributed by atoms with Crippen molar-refractivity contribution in [3.63, 3.8) is 0 Å². The van der Waals surface area contributed by atoms with Gasteiger partial charge in [0.15, 0.2) is 17.0 Å². The van der Waals surface area contributed by atoms with Crippen molar-refractivity contribution in [3.05, 3.63) is 51.8 Å². The first-order valence-corrected chi connectivity index (χ1v) is 9.17. The van der Waals surface area contributed by atoms with Crippen LogP contribution in [0, 0.1) is 11.6 Å². The van der Waals surface area contributed by atoms with Crippen LogP contribution in [0.2, 0.25) is 0 Å². The van der Waals surface area contributed by atoms with Gasteiger partial charge < -0.3 is 20.5 Å². The lowest BCUT2D eigenvalue weighted by Crippen LogP contribution is -2.45. The molecule has 1 atom stereocenters. The van der Waals surface area contributed by atoms with Crippen LogP contribution in [0.5, 0.6) is 5.75 Å². The first-order valence-electron chi connectivity index (χ1n) is 8.38. The number of hydrogen-bond acceptors (Lipinski definition) is 6. The summed E-state index contributed by atoms with van der Waals surface area (Å²) in [6, 6.07) is 2.57. The van der Waals surface area contributed by atoms with E-state index in [2.05, 4.69) is 31.2 Å². The summed E-state index contributed by atoms with van der Waals surface area (Å²) in [7, 11) is 1.30. The standard InChI is InChI=1S/C18H15BrF4N4O3.ClH/c1-29-13-2-8(19)5-25-15(13)16(28)26-12-3-9(10(20)4-11(12)21)18(17(22)23)7-30-6-14(24)27-18;/h2-5,17H,6-7H2,1H3,(H2,24,27)(H,26,28);1H. The fourth-order valence-electron chi connectivity index (χ4n) is 2.90. The Kier molecular flexibility index (Phi) is 7.84. The second kappa shape index (κ2) is 9.79. The van der Waals surface area contributed by atoms with E-state index in [-0.39, 0.29) is 36.3 Å². The van der Waals surface area contributed by atoms with Crippen LogP contribution in [0.3, 0.4) is 0 Å². The summed E-state index contributed by atoms with van der Waals surface area (Å²) in [6.07, 6.45) is -1.90. The summed E-state index contributed by atoms with van der Waals surface area (Å²) >= 11 is 3.17. The number of ether oxygens (including phenoxy) is 2. The molecule has 2 heterocycles. The van der Waals surface area contributed by atoms with Crippen LogP contribution in [-0.4, -0.2) is 43.5 Å². The van der Waals surface area contributed by atoms with E-state index >= 15 is 0 Å². The van der Waals surface area contributed by atoms with Gasteiger partial charge in [-0.3, -0.25) is 9.79 Å². The van der Waals surface area contributed by atoms with Crippen molar-refractivity contribution >= 4 is 45.8 Å². The number of aromatic nitrogens is 1. The number of halogens is 6. The average molecular weight is 528 g/mol. The van der Waals surface area contributed by atoms with Gasteiger partial charge in [0, 0.05) is 22.3 Å². The number of amides is 1. The van der Waals surface area contributed by atoms with Gasteiger partial charge in [-0.2, -0.15) is 0 Å². The molecule has 1 aliphatic rings. The molecule has 1 unspecified atom stereocenters. The molecule has 0 fully saturated rings. The largest absolute Gasteiger partial charge is 0.494 e. The number of methoxy groups -OCH3 is 1. The van der Waals surface area contributed by atoms with Gasteiger partial charge in [0.2, 0.25) is 0 Å². The normalized spacial score (nSPS) is 18.2. The number of amidine groups is 1. The number of hydrogen-bond donors (Lipinski definition) is 2. The summed E-state index contributed by atoms with van der Waals surface area (Å²) in [5.41, 5.74) is 1.60. The van der Waals surface area contributed by atoms with Crippen molar-refractivity contribution < 1.29 is 31.8 Å². The van der Waals surface area contributed by atoms with Gasteiger partial charge in [0.1, 0.15) is 24.1 Å². The maximum Gasteiger partial charge on any atom is 0.278 e. The minimum Gasteiger partial charge on any atom is -0.494 e. The Morgan fingerprint density at radius 3 is 2.65 bits per heavy atom. The number of anilines is 1. The van der Waals surface area contributed by atoms with E-state index in [4.69, 9.17) is 15.2 Å². The smallest absolute Gasteiger partial charge is 0.278 e. The van der Waals surface area contributed by atoms with E-state index in [1.54, 1.807) is 0 Å². The van der Waals surface area contributed by atoms with Crippen molar-refractivity contribution in [1.29, 1.82) is 0 Å². The molecule has 1 aromatic heterocycles. The van der Waals surface area contributed by atoms with Gasteiger partial charge in [-0.05, 0) is 28.1 Å². The van der Waals surface area contributed by atoms with Crippen LogP contribution in [0.1, 0.15) is 16.1 Å². The second-order valence-electron chi connectivity index (χ2n) is 6.29. The molecule has 2 aromatic rings. The van der Waals surface area contributed by atoms with Crippen molar-refractivity contribution in [2.24, 2.45) is 10.7 Å². The third-order valence-electron chi connectivity index (χ3n) is 4.30. The van der Waals surface area contributed by atoms with Gasteiger partial charge >= 0.3 is 0 Å². The first kappa shape index (κ1) is 24.8. The van der Waals surface area contributed by atoms with Crippen molar-refractivity contribution in [2.75, 3.05) is 25.6 Å². The van der Waals surface area contributed by atoms with E-state index in [9.17, 15) is 22.4 Å². The topological polar surface area (TPSA) is 98.8 Å². The Morgan fingerprint density at radius 2 is 2.03 bits per heavy atom. The third-order valence-corrected chi connectivity index (χ3v) is 4.74. The van der Waals surface area contributed by atoms with Crippen LogP contribution in [0.15, 0.2) is 33.9 Å². The molecule has 0 aliphatic carbocycles. The molecule has 1 aliphatic heterocycles. The quantitative estimate of drug-likeness (QED) is 0.579. The fraction of sp³-hybridized carbons (Fsp3) is 0.278. The van der Waals surface area contributed by atoms with Crippen LogP contribution in [-0.2, 0) is 10.3 Å². The first-order chi connectivity index (χ1) is 14.2. The number of carbonyl (C=O) groups excluding carboxylic acids is 1. The molecule has 1 aromatic carbocycles. The summed E-state index contributed by atoms with van der Waals surface area (Å²) in [4.78, 5) is 20.1. The fourth-order valence-corrected chi connectivity index (χ4v) is 3.21. The molecule has 13 heteroatoms. The Morgan fingerprint density at radius 1 is 1.32 bits per heavy atom. The van der Waals surface area contributed by atoms with Crippen molar-refractivity contribution in [3.8, 4) is 5.75 Å². The number of nitrogens with two attached hydrogens (primary N) is 1. The summed E-state index contributed by atoms with van der Waals surface area (Å²) < 4.78 is 67.2. The van der Waals surface area contributed by atoms with Gasteiger partial charge in [-0.1, -0.05) is 0 Å². The molecule has 168 valence electrons. The van der Waals surface area contributed by atoms with Crippen molar-refractivity contribution in [2.45, 2.75) is 12.0 Å². The minimum atomic E-state index is -3.21. The van der Waals surface area contributed by atoms with Gasteiger partial charge in [-0.15, -0.1) is 12.4 Å². The lowest BCUT2D eigenvalue weighted by atomic mass is 9.89.